The average Bonchev–Trinajstić information content (AvgIpc) is 3.22. The molecule has 3 rings (SSSR count). The lowest BCUT2D eigenvalue weighted by Crippen LogP contribution is -2.45. The Hall–Kier alpha value is -1.65. The standard InChI is InChI=1S/C14H20N2O2S.C2HF3O2/c1-15(2)11-9-16(10-5-3-7-18-13(10)11)14(17)12-6-4-8-19-12;3-2(4,5)1(6)7/h4,6,8,10-11,13H,3,5,7,9H2,1-2H3;(H,6,7)/t10-,11-,13+;/m1./s1. The highest BCUT2D eigenvalue weighted by Gasteiger charge is 2.47. The van der Waals surface area contributed by atoms with E-state index in [1.807, 2.05) is 22.4 Å². The average molecular weight is 394 g/mol. The zero-order valence-corrected chi connectivity index (χ0v) is 15.2. The summed E-state index contributed by atoms with van der Waals surface area (Å²) in [5.74, 6) is -2.59. The maximum absolute atomic E-state index is 12.6. The summed E-state index contributed by atoms with van der Waals surface area (Å²) in [6.45, 7) is 1.60. The van der Waals surface area contributed by atoms with Gasteiger partial charge in [-0.1, -0.05) is 6.07 Å². The fourth-order valence-corrected chi connectivity index (χ4v) is 3.84. The number of fused-ring (bicyclic) bond motifs is 1. The van der Waals surface area contributed by atoms with Gasteiger partial charge in [-0.15, -0.1) is 11.3 Å². The van der Waals surface area contributed by atoms with Crippen molar-refractivity contribution < 1.29 is 32.6 Å². The maximum Gasteiger partial charge on any atom is 0.490 e. The van der Waals surface area contributed by atoms with Gasteiger partial charge in [0.25, 0.3) is 5.91 Å². The predicted octanol–water partition coefficient (Wildman–Crippen LogP) is 2.31. The number of alkyl halides is 3. The fourth-order valence-electron chi connectivity index (χ4n) is 3.16. The molecule has 0 spiro atoms. The number of thiophene rings is 1. The van der Waals surface area contributed by atoms with E-state index in [-0.39, 0.29) is 18.1 Å². The minimum Gasteiger partial charge on any atom is -0.475 e. The van der Waals surface area contributed by atoms with Crippen molar-refractivity contribution in [3.05, 3.63) is 22.4 Å². The number of carboxylic acid groups (broad SMARTS) is 1. The second-order valence-corrected chi connectivity index (χ2v) is 7.26. The smallest absolute Gasteiger partial charge is 0.475 e. The van der Waals surface area contributed by atoms with Crippen LogP contribution in [0.1, 0.15) is 22.5 Å². The Morgan fingerprint density at radius 1 is 1.38 bits per heavy atom. The maximum atomic E-state index is 12.6. The molecular weight excluding hydrogens is 373 g/mol. The van der Waals surface area contributed by atoms with Gasteiger partial charge < -0.3 is 19.6 Å². The van der Waals surface area contributed by atoms with Crippen molar-refractivity contribution in [1.29, 1.82) is 0 Å². The molecule has 146 valence electrons. The van der Waals surface area contributed by atoms with Crippen LogP contribution in [-0.4, -0.2) is 78.4 Å². The molecule has 0 bridgehead atoms. The first kappa shape index (κ1) is 20.7. The van der Waals surface area contributed by atoms with Gasteiger partial charge in [0.15, 0.2) is 0 Å². The third-order valence-corrected chi connectivity index (χ3v) is 5.25. The number of carbonyl (C=O) groups is 2. The summed E-state index contributed by atoms with van der Waals surface area (Å²) in [4.78, 5) is 26.5. The lowest BCUT2D eigenvalue weighted by atomic mass is 10.0. The Bertz CT molecular complexity index is 622. The van der Waals surface area contributed by atoms with Crippen LogP contribution in [-0.2, 0) is 9.53 Å². The fraction of sp³-hybridized carbons (Fsp3) is 0.625. The van der Waals surface area contributed by atoms with Crippen molar-refractivity contribution in [2.45, 2.75) is 37.2 Å². The monoisotopic (exact) mass is 394 g/mol. The molecule has 0 aromatic carbocycles. The lowest BCUT2D eigenvalue weighted by Gasteiger charge is -2.33. The van der Waals surface area contributed by atoms with Crippen LogP contribution in [0.2, 0.25) is 0 Å². The first-order chi connectivity index (χ1) is 12.1. The number of rotatable bonds is 2. The highest BCUT2D eigenvalue weighted by atomic mass is 32.1. The highest BCUT2D eigenvalue weighted by Crippen LogP contribution is 2.32. The molecule has 3 atom stereocenters. The van der Waals surface area contributed by atoms with E-state index in [1.54, 1.807) is 0 Å². The van der Waals surface area contributed by atoms with Gasteiger partial charge in [-0.2, -0.15) is 13.2 Å². The van der Waals surface area contributed by atoms with Crippen molar-refractivity contribution in [1.82, 2.24) is 9.80 Å². The molecule has 0 saturated carbocycles. The number of likely N-dealkylation sites (N-methyl/N-ethyl adjacent to an activating group) is 1. The summed E-state index contributed by atoms with van der Waals surface area (Å²) in [5, 5.41) is 9.08. The molecule has 1 aromatic rings. The summed E-state index contributed by atoms with van der Waals surface area (Å²) in [6.07, 6.45) is -2.80. The number of nitrogens with zero attached hydrogens (tertiary/aromatic N) is 2. The summed E-state index contributed by atoms with van der Waals surface area (Å²) >= 11 is 1.52. The number of hydrogen-bond acceptors (Lipinski definition) is 5. The van der Waals surface area contributed by atoms with E-state index >= 15 is 0 Å². The number of halogens is 3. The van der Waals surface area contributed by atoms with Gasteiger partial charge in [-0.25, -0.2) is 4.79 Å². The molecule has 1 aromatic heterocycles. The first-order valence-corrected chi connectivity index (χ1v) is 8.93. The highest BCUT2D eigenvalue weighted by molar-refractivity contribution is 7.12. The SMILES string of the molecule is CN(C)[C@@H]1CN(C(=O)c2cccs2)[C@@H]2CCCO[C@H]12.O=C(O)C(F)(F)F. The molecule has 1 amide bonds. The second kappa shape index (κ2) is 8.36. The number of carboxylic acids is 1. The van der Waals surface area contributed by atoms with Gasteiger partial charge in [-0.3, -0.25) is 4.79 Å². The molecule has 0 radical (unpaired) electrons. The number of likely N-dealkylation sites (tertiary alicyclic amines) is 1. The number of amides is 1. The van der Waals surface area contributed by atoms with Gasteiger partial charge in [-0.05, 0) is 38.4 Å². The molecule has 10 heteroatoms. The molecule has 2 aliphatic heterocycles. The van der Waals surface area contributed by atoms with Crippen LogP contribution in [0.4, 0.5) is 13.2 Å². The van der Waals surface area contributed by atoms with Gasteiger partial charge in [0.1, 0.15) is 0 Å². The molecule has 2 fully saturated rings. The largest absolute Gasteiger partial charge is 0.490 e. The van der Waals surface area contributed by atoms with Crippen LogP contribution in [0.15, 0.2) is 17.5 Å². The zero-order chi connectivity index (χ0) is 19.5. The number of ether oxygens (including phenoxy) is 1. The quantitative estimate of drug-likeness (QED) is 0.834. The Kier molecular flexibility index (Phi) is 6.64. The van der Waals surface area contributed by atoms with Gasteiger partial charge in [0.05, 0.1) is 23.1 Å². The van der Waals surface area contributed by atoms with Crippen molar-refractivity contribution in [2.24, 2.45) is 0 Å². The van der Waals surface area contributed by atoms with E-state index in [0.29, 0.717) is 6.04 Å². The summed E-state index contributed by atoms with van der Waals surface area (Å²) < 4.78 is 37.7. The van der Waals surface area contributed by atoms with E-state index in [9.17, 15) is 18.0 Å². The van der Waals surface area contributed by atoms with Crippen molar-refractivity contribution >= 4 is 23.2 Å². The third-order valence-electron chi connectivity index (χ3n) is 4.40. The first-order valence-electron chi connectivity index (χ1n) is 8.05. The van der Waals surface area contributed by atoms with E-state index in [0.717, 1.165) is 30.9 Å². The van der Waals surface area contributed by atoms with Gasteiger partial charge >= 0.3 is 12.1 Å². The van der Waals surface area contributed by atoms with Crippen LogP contribution in [0.5, 0.6) is 0 Å². The Morgan fingerprint density at radius 2 is 2.04 bits per heavy atom. The Balaban J connectivity index is 0.000000298. The van der Waals surface area contributed by atoms with Crippen molar-refractivity contribution in [3.8, 4) is 0 Å². The van der Waals surface area contributed by atoms with Crippen molar-refractivity contribution in [2.75, 3.05) is 27.2 Å². The Morgan fingerprint density at radius 3 is 2.54 bits per heavy atom. The molecule has 1 N–H and O–H groups in total. The second-order valence-electron chi connectivity index (χ2n) is 6.31. The normalized spacial score (nSPS) is 25.5. The van der Waals surface area contributed by atoms with Gasteiger partial charge in [0, 0.05) is 13.2 Å². The number of carbonyl (C=O) groups excluding carboxylic acids is 1. The molecule has 6 nitrogen and oxygen atoms in total. The predicted molar refractivity (Wildman–Crippen MR) is 89.3 cm³/mol. The summed E-state index contributed by atoms with van der Waals surface area (Å²) in [6, 6.07) is 4.41. The van der Waals surface area contributed by atoms with Crippen LogP contribution < -0.4 is 0 Å². The van der Waals surface area contributed by atoms with E-state index < -0.39 is 12.1 Å². The minimum absolute atomic E-state index is 0.167. The minimum atomic E-state index is -5.08. The molecule has 3 heterocycles. The Labute approximate surface area is 153 Å². The number of hydrogen-bond donors (Lipinski definition) is 1. The molecular formula is C16H21F3N2O4S. The topological polar surface area (TPSA) is 70.1 Å². The van der Waals surface area contributed by atoms with E-state index in [2.05, 4.69) is 19.0 Å². The van der Waals surface area contributed by atoms with Crippen LogP contribution in [0.25, 0.3) is 0 Å². The molecule has 26 heavy (non-hydrogen) atoms. The van der Waals surface area contributed by atoms with Gasteiger partial charge in [0.2, 0.25) is 0 Å². The van der Waals surface area contributed by atoms with Crippen LogP contribution in [0, 0.1) is 0 Å². The van der Waals surface area contributed by atoms with Crippen LogP contribution in [0.3, 0.4) is 0 Å². The van der Waals surface area contributed by atoms with E-state index in [1.165, 1.54) is 11.3 Å². The van der Waals surface area contributed by atoms with Crippen LogP contribution >= 0.6 is 11.3 Å². The molecule has 2 saturated heterocycles. The number of aliphatic carboxylic acids is 1. The third kappa shape index (κ3) is 4.74. The van der Waals surface area contributed by atoms with Crippen molar-refractivity contribution in [3.63, 3.8) is 0 Å². The summed E-state index contributed by atoms with van der Waals surface area (Å²) in [5.41, 5.74) is 0. The molecule has 2 aliphatic rings. The summed E-state index contributed by atoms with van der Waals surface area (Å²) in [7, 11) is 4.14. The molecule has 0 unspecified atom stereocenters. The van der Waals surface area contributed by atoms with E-state index in [4.69, 9.17) is 14.6 Å². The zero-order valence-electron chi connectivity index (χ0n) is 14.4. The lowest BCUT2D eigenvalue weighted by molar-refractivity contribution is -0.192. The molecule has 0 aliphatic carbocycles.